The fraction of sp³-hybridized carbons (Fsp3) is 0.0645. The van der Waals surface area contributed by atoms with Crippen LogP contribution in [0.2, 0.25) is 0 Å². The Labute approximate surface area is 246 Å². The third kappa shape index (κ3) is 5.39. The first-order valence-electron chi connectivity index (χ1n) is 12.2. The van der Waals surface area contributed by atoms with Crippen LogP contribution in [-0.2, 0) is 6.61 Å². The summed E-state index contributed by atoms with van der Waals surface area (Å²) in [6.45, 7) is 2.55. The van der Waals surface area contributed by atoms with E-state index in [1.54, 1.807) is 12.3 Å². The Balaban J connectivity index is 1.35. The van der Waals surface area contributed by atoms with Gasteiger partial charge < -0.3 is 9.15 Å². The van der Waals surface area contributed by atoms with E-state index in [4.69, 9.17) is 14.1 Å². The fourth-order valence-electron chi connectivity index (χ4n) is 4.20. The summed E-state index contributed by atoms with van der Waals surface area (Å²) in [6.07, 6.45) is 1.65. The molecule has 0 spiro atoms. The lowest BCUT2D eigenvalue weighted by atomic mass is 10.2. The molecule has 192 valence electrons. The quantitative estimate of drug-likeness (QED) is 0.132. The predicted molar refractivity (Wildman–Crippen MR) is 167 cm³/mol. The van der Waals surface area contributed by atoms with Crippen molar-refractivity contribution >= 4 is 66.6 Å². The molecule has 0 atom stereocenters. The molecule has 0 aliphatic heterocycles. The van der Waals surface area contributed by atoms with Crippen LogP contribution in [0.5, 0.6) is 5.75 Å². The molecule has 0 amide bonds. The van der Waals surface area contributed by atoms with Gasteiger partial charge in [-0.3, -0.25) is 4.79 Å². The number of aromatic nitrogens is 2. The first-order valence-corrected chi connectivity index (χ1v) is 14.1. The van der Waals surface area contributed by atoms with Crippen LogP contribution >= 0.6 is 38.5 Å². The number of fused-ring (bicyclic) bond motifs is 2. The van der Waals surface area contributed by atoms with Gasteiger partial charge in [0.05, 0.1) is 20.7 Å². The third-order valence-electron chi connectivity index (χ3n) is 6.25. The maximum atomic E-state index is 13.5. The molecule has 2 heterocycles. The zero-order valence-corrected chi connectivity index (χ0v) is 24.5. The van der Waals surface area contributed by atoms with Gasteiger partial charge in [0.1, 0.15) is 17.9 Å². The van der Waals surface area contributed by atoms with Crippen LogP contribution in [0.25, 0.3) is 33.5 Å². The van der Waals surface area contributed by atoms with Crippen LogP contribution in [0.15, 0.2) is 110 Å². The van der Waals surface area contributed by atoms with Gasteiger partial charge in [-0.1, -0.05) is 57.9 Å². The van der Waals surface area contributed by atoms with Gasteiger partial charge in [0.25, 0.3) is 5.56 Å². The van der Waals surface area contributed by atoms with E-state index in [-0.39, 0.29) is 5.56 Å². The Morgan fingerprint density at radius 1 is 1.03 bits per heavy atom. The first-order chi connectivity index (χ1) is 18.9. The van der Waals surface area contributed by atoms with E-state index in [9.17, 15) is 4.79 Å². The molecule has 0 bridgehead atoms. The molecule has 6 aromatic rings. The molecule has 0 aliphatic rings. The summed E-state index contributed by atoms with van der Waals surface area (Å²) in [5.41, 5.74) is 4.14. The van der Waals surface area contributed by atoms with Crippen molar-refractivity contribution in [3.63, 3.8) is 0 Å². The van der Waals surface area contributed by atoms with Gasteiger partial charge in [0, 0.05) is 9.86 Å². The molecular formula is C31H21BrIN3O3. The molecule has 0 unspecified atom stereocenters. The van der Waals surface area contributed by atoms with Gasteiger partial charge in [-0.25, -0.2) is 4.98 Å². The number of furan rings is 1. The van der Waals surface area contributed by atoms with E-state index in [1.165, 1.54) is 10.2 Å². The van der Waals surface area contributed by atoms with Crippen molar-refractivity contribution < 1.29 is 9.15 Å². The minimum atomic E-state index is -0.277. The maximum absolute atomic E-state index is 13.5. The van der Waals surface area contributed by atoms with Gasteiger partial charge in [-0.15, -0.1) is 0 Å². The molecule has 0 saturated heterocycles. The van der Waals surface area contributed by atoms with Gasteiger partial charge in [0.2, 0.25) is 5.82 Å². The predicted octanol–water partition coefficient (Wildman–Crippen LogP) is 7.95. The summed E-state index contributed by atoms with van der Waals surface area (Å²) in [7, 11) is 0. The average molecular weight is 690 g/mol. The van der Waals surface area contributed by atoms with Gasteiger partial charge in [-0.2, -0.15) is 9.78 Å². The summed E-state index contributed by atoms with van der Waals surface area (Å²) in [4.78, 5) is 18.3. The van der Waals surface area contributed by atoms with E-state index in [0.29, 0.717) is 34.7 Å². The molecule has 39 heavy (non-hydrogen) atoms. The fourth-order valence-corrected chi connectivity index (χ4v) is 5.27. The monoisotopic (exact) mass is 689 g/mol. The van der Waals surface area contributed by atoms with Crippen LogP contribution in [0, 0.1) is 10.5 Å². The Morgan fingerprint density at radius 3 is 2.67 bits per heavy atom. The van der Waals surface area contributed by atoms with Crippen LogP contribution in [0.4, 0.5) is 0 Å². The maximum Gasteiger partial charge on any atom is 0.282 e. The lowest BCUT2D eigenvalue weighted by molar-refractivity contribution is 0.304. The normalized spacial score (nSPS) is 11.6. The number of halogens is 2. The summed E-state index contributed by atoms with van der Waals surface area (Å²) < 4.78 is 15.3. The number of benzene rings is 4. The summed E-state index contributed by atoms with van der Waals surface area (Å²) in [5.74, 6) is 1.57. The van der Waals surface area contributed by atoms with E-state index in [1.807, 2.05) is 60.7 Å². The van der Waals surface area contributed by atoms with Crippen LogP contribution in [0.1, 0.15) is 16.7 Å². The van der Waals surface area contributed by atoms with Crippen molar-refractivity contribution in [3.05, 3.63) is 126 Å². The Hall–Kier alpha value is -3.76. The SMILES string of the molecule is Cc1ccc(COc2ccc(C=Nn3c(-c4cc5cc(Br)ccc5o4)nc4ccccc4c3=O)cc2I)cc1. The van der Waals surface area contributed by atoms with E-state index in [0.717, 1.165) is 30.3 Å². The summed E-state index contributed by atoms with van der Waals surface area (Å²) in [6, 6.07) is 28.9. The molecule has 6 rings (SSSR count). The van der Waals surface area contributed by atoms with Gasteiger partial charge in [0.15, 0.2) is 5.76 Å². The number of hydrogen-bond acceptors (Lipinski definition) is 5. The second-order valence-electron chi connectivity index (χ2n) is 9.07. The molecule has 0 aliphatic carbocycles. The highest BCUT2D eigenvalue weighted by Gasteiger charge is 2.16. The second-order valence-corrected chi connectivity index (χ2v) is 11.1. The Morgan fingerprint density at radius 2 is 1.85 bits per heavy atom. The molecule has 0 radical (unpaired) electrons. The number of rotatable bonds is 6. The minimum Gasteiger partial charge on any atom is -0.488 e. The Bertz CT molecular complexity index is 1930. The highest BCUT2D eigenvalue weighted by Crippen LogP contribution is 2.29. The molecule has 0 fully saturated rings. The third-order valence-corrected chi connectivity index (χ3v) is 7.58. The smallest absolute Gasteiger partial charge is 0.282 e. The van der Waals surface area contributed by atoms with Gasteiger partial charge in [-0.05, 0) is 95.2 Å². The van der Waals surface area contributed by atoms with E-state index >= 15 is 0 Å². The first kappa shape index (κ1) is 25.5. The number of para-hydroxylation sites is 1. The number of nitrogens with zero attached hydrogens (tertiary/aromatic N) is 3. The Kier molecular flexibility index (Phi) is 7.05. The zero-order valence-electron chi connectivity index (χ0n) is 20.8. The minimum absolute atomic E-state index is 0.277. The van der Waals surface area contributed by atoms with Gasteiger partial charge >= 0.3 is 0 Å². The van der Waals surface area contributed by atoms with Crippen molar-refractivity contribution in [1.82, 2.24) is 9.66 Å². The molecule has 0 saturated carbocycles. The molecular weight excluding hydrogens is 669 g/mol. The highest BCUT2D eigenvalue weighted by atomic mass is 127. The van der Waals surface area contributed by atoms with Crippen molar-refractivity contribution in [2.24, 2.45) is 5.10 Å². The van der Waals surface area contributed by atoms with E-state index < -0.39 is 0 Å². The molecule has 0 N–H and O–H groups in total. The number of ether oxygens (including phenoxy) is 1. The van der Waals surface area contributed by atoms with Crippen molar-refractivity contribution in [1.29, 1.82) is 0 Å². The highest BCUT2D eigenvalue weighted by molar-refractivity contribution is 14.1. The molecule has 2 aromatic heterocycles. The zero-order chi connectivity index (χ0) is 26.9. The summed E-state index contributed by atoms with van der Waals surface area (Å²) >= 11 is 5.74. The van der Waals surface area contributed by atoms with Crippen LogP contribution < -0.4 is 10.3 Å². The van der Waals surface area contributed by atoms with E-state index in [2.05, 4.69) is 74.8 Å². The lowest BCUT2D eigenvalue weighted by Gasteiger charge is -2.10. The van der Waals surface area contributed by atoms with Crippen molar-refractivity contribution in [2.75, 3.05) is 0 Å². The van der Waals surface area contributed by atoms with Crippen LogP contribution in [0.3, 0.4) is 0 Å². The largest absolute Gasteiger partial charge is 0.488 e. The molecule has 8 heteroatoms. The van der Waals surface area contributed by atoms with Crippen molar-refractivity contribution in [2.45, 2.75) is 13.5 Å². The van der Waals surface area contributed by atoms with Crippen LogP contribution in [-0.4, -0.2) is 15.9 Å². The standard InChI is InChI=1S/C31H21BrIN3O3/c1-19-6-8-20(9-7-19)18-38-28-12-10-21(14-25(28)33)17-34-36-30(35-26-5-3-2-4-24(26)31(36)37)29-16-22-15-23(32)11-13-27(22)39-29/h2-17H,18H2,1H3. The topological polar surface area (TPSA) is 69.6 Å². The summed E-state index contributed by atoms with van der Waals surface area (Å²) in [5, 5.41) is 5.94. The average Bonchev–Trinajstić information content (AvgIpc) is 3.36. The molecule has 6 nitrogen and oxygen atoms in total. The lowest BCUT2D eigenvalue weighted by Crippen LogP contribution is -2.20. The molecule has 4 aromatic carbocycles. The number of hydrogen-bond donors (Lipinski definition) is 0. The van der Waals surface area contributed by atoms with Crippen molar-refractivity contribution in [3.8, 4) is 17.3 Å². The second kappa shape index (κ2) is 10.8. The number of aryl methyl sites for hydroxylation is 1.